The van der Waals surface area contributed by atoms with Crippen molar-refractivity contribution in [3.8, 4) is 0 Å². The highest BCUT2D eigenvalue weighted by Crippen LogP contribution is 2.21. The van der Waals surface area contributed by atoms with E-state index in [4.69, 9.17) is 0 Å². The van der Waals surface area contributed by atoms with Crippen molar-refractivity contribution in [3.05, 3.63) is 11.6 Å². The van der Waals surface area contributed by atoms with E-state index >= 15 is 0 Å². The Morgan fingerprint density at radius 3 is 2.47 bits per heavy atom. The molecule has 0 spiro atoms. The molecule has 2 heteroatoms. The van der Waals surface area contributed by atoms with Crippen molar-refractivity contribution >= 4 is 0 Å². The van der Waals surface area contributed by atoms with Gasteiger partial charge in [-0.3, -0.25) is 4.90 Å². The fourth-order valence-electron chi connectivity index (χ4n) is 3.14. The number of nitrogens with zero attached hydrogens (tertiary/aromatic N) is 2. The first-order chi connectivity index (χ1) is 8.16. The molecule has 1 fully saturated rings. The van der Waals surface area contributed by atoms with E-state index < -0.39 is 0 Å². The van der Waals surface area contributed by atoms with Gasteiger partial charge in [0.1, 0.15) is 0 Å². The van der Waals surface area contributed by atoms with Crippen LogP contribution in [0.15, 0.2) is 11.6 Å². The summed E-state index contributed by atoms with van der Waals surface area (Å²) in [6, 6.07) is 1.58. The highest BCUT2D eigenvalue weighted by atomic mass is 15.2. The summed E-state index contributed by atoms with van der Waals surface area (Å²) >= 11 is 0. The van der Waals surface area contributed by atoms with Gasteiger partial charge in [0.15, 0.2) is 0 Å². The zero-order chi connectivity index (χ0) is 12.3. The Morgan fingerprint density at radius 1 is 1.12 bits per heavy atom. The molecule has 0 N–H and O–H groups in total. The molecule has 2 nitrogen and oxygen atoms in total. The van der Waals surface area contributed by atoms with Crippen LogP contribution in [0, 0.1) is 0 Å². The van der Waals surface area contributed by atoms with Crippen molar-refractivity contribution in [2.24, 2.45) is 0 Å². The van der Waals surface area contributed by atoms with Gasteiger partial charge in [-0.2, -0.15) is 0 Å². The van der Waals surface area contributed by atoms with Crippen LogP contribution in [0.2, 0.25) is 0 Å². The summed E-state index contributed by atoms with van der Waals surface area (Å²) in [4.78, 5) is 5.36. The average molecular weight is 236 g/mol. The first kappa shape index (κ1) is 13.1. The number of likely N-dealkylation sites (tertiary alicyclic amines) is 1. The van der Waals surface area contributed by atoms with Crippen molar-refractivity contribution in [2.45, 2.75) is 58.5 Å². The van der Waals surface area contributed by atoms with E-state index in [0.717, 1.165) is 12.1 Å². The van der Waals surface area contributed by atoms with Crippen molar-refractivity contribution < 1.29 is 0 Å². The second kappa shape index (κ2) is 6.01. The normalized spacial score (nSPS) is 26.0. The van der Waals surface area contributed by atoms with Gasteiger partial charge in [-0.1, -0.05) is 11.6 Å². The lowest BCUT2D eigenvalue weighted by atomic mass is 10.0. The van der Waals surface area contributed by atoms with E-state index in [0.29, 0.717) is 0 Å². The second-order valence-corrected chi connectivity index (χ2v) is 5.99. The molecule has 17 heavy (non-hydrogen) atoms. The minimum absolute atomic E-state index is 0.726. The lowest BCUT2D eigenvalue weighted by Crippen LogP contribution is -2.47. The summed E-state index contributed by atoms with van der Waals surface area (Å²) in [6.45, 7) is 12.1. The van der Waals surface area contributed by atoms with E-state index in [1.165, 1.54) is 51.9 Å². The Morgan fingerprint density at radius 2 is 1.82 bits per heavy atom. The average Bonchev–Trinajstić information content (AvgIpc) is 2.54. The maximum Gasteiger partial charge on any atom is 0.0120 e. The Bertz CT molecular complexity index is 262. The molecule has 0 aromatic rings. The maximum absolute atomic E-state index is 2.74. The zero-order valence-electron chi connectivity index (χ0n) is 11.8. The Labute approximate surface area is 107 Å². The fraction of sp³-hybridized carbons (Fsp3) is 0.867. The predicted molar refractivity (Wildman–Crippen MR) is 74.3 cm³/mol. The number of rotatable bonds is 2. The SMILES string of the molecule is CC1=CCCN(C2CCN(C(C)C)CC2)CC1. The van der Waals surface area contributed by atoms with Gasteiger partial charge < -0.3 is 4.90 Å². The largest absolute Gasteiger partial charge is 0.301 e. The molecule has 0 aliphatic carbocycles. The molecule has 98 valence electrons. The topological polar surface area (TPSA) is 6.48 Å². The molecule has 2 rings (SSSR count). The number of hydrogen-bond donors (Lipinski definition) is 0. The van der Waals surface area contributed by atoms with E-state index in [-0.39, 0.29) is 0 Å². The smallest absolute Gasteiger partial charge is 0.0120 e. The van der Waals surface area contributed by atoms with Crippen molar-refractivity contribution in [3.63, 3.8) is 0 Å². The summed E-state index contributed by atoms with van der Waals surface area (Å²) in [5.74, 6) is 0. The standard InChI is InChI=1S/C15H28N2/c1-13(2)16-11-7-15(8-12-16)17-9-4-5-14(3)6-10-17/h5,13,15H,4,6-12H2,1-3H3. The fourth-order valence-corrected chi connectivity index (χ4v) is 3.14. The van der Waals surface area contributed by atoms with Crippen LogP contribution in [0.4, 0.5) is 0 Å². The lowest BCUT2D eigenvalue weighted by molar-refractivity contribution is 0.0950. The van der Waals surface area contributed by atoms with Gasteiger partial charge in [-0.15, -0.1) is 0 Å². The van der Waals surface area contributed by atoms with Gasteiger partial charge in [-0.05, 0) is 59.5 Å². The minimum atomic E-state index is 0.726. The van der Waals surface area contributed by atoms with Gasteiger partial charge in [0.2, 0.25) is 0 Å². The molecule has 0 bridgehead atoms. The van der Waals surface area contributed by atoms with Gasteiger partial charge in [0, 0.05) is 25.2 Å². The molecule has 0 radical (unpaired) electrons. The van der Waals surface area contributed by atoms with Crippen LogP contribution in [0.25, 0.3) is 0 Å². The molecular formula is C15H28N2. The van der Waals surface area contributed by atoms with E-state index in [2.05, 4.69) is 36.6 Å². The van der Waals surface area contributed by atoms with E-state index in [9.17, 15) is 0 Å². The lowest BCUT2D eigenvalue weighted by Gasteiger charge is -2.39. The zero-order valence-corrected chi connectivity index (χ0v) is 11.8. The van der Waals surface area contributed by atoms with Crippen molar-refractivity contribution in [1.29, 1.82) is 0 Å². The first-order valence-corrected chi connectivity index (χ1v) is 7.30. The van der Waals surface area contributed by atoms with Gasteiger partial charge in [0.25, 0.3) is 0 Å². The third-order valence-corrected chi connectivity index (χ3v) is 4.45. The molecule has 2 aliphatic rings. The van der Waals surface area contributed by atoms with Crippen molar-refractivity contribution in [2.75, 3.05) is 26.2 Å². The van der Waals surface area contributed by atoms with Crippen LogP contribution in [-0.4, -0.2) is 48.1 Å². The molecule has 0 saturated carbocycles. The van der Waals surface area contributed by atoms with Crippen molar-refractivity contribution in [1.82, 2.24) is 9.80 Å². The van der Waals surface area contributed by atoms with Crippen LogP contribution in [0.3, 0.4) is 0 Å². The highest BCUT2D eigenvalue weighted by Gasteiger charge is 2.25. The van der Waals surface area contributed by atoms with Gasteiger partial charge in [-0.25, -0.2) is 0 Å². The summed E-state index contributed by atoms with van der Waals surface area (Å²) in [5, 5.41) is 0. The van der Waals surface area contributed by atoms with E-state index in [1.807, 2.05) is 0 Å². The van der Waals surface area contributed by atoms with Crippen LogP contribution in [0.5, 0.6) is 0 Å². The molecule has 2 aliphatic heterocycles. The Balaban J connectivity index is 1.81. The summed E-state index contributed by atoms with van der Waals surface area (Å²) in [7, 11) is 0. The first-order valence-electron chi connectivity index (χ1n) is 7.30. The van der Waals surface area contributed by atoms with Gasteiger partial charge in [0.05, 0.1) is 0 Å². The summed E-state index contributed by atoms with van der Waals surface area (Å²) in [6.07, 6.45) is 7.72. The summed E-state index contributed by atoms with van der Waals surface area (Å²) in [5.41, 5.74) is 1.59. The molecule has 0 unspecified atom stereocenters. The quantitative estimate of drug-likeness (QED) is 0.680. The summed E-state index contributed by atoms with van der Waals surface area (Å²) < 4.78 is 0. The molecular weight excluding hydrogens is 208 g/mol. The van der Waals surface area contributed by atoms with Crippen LogP contribution in [-0.2, 0) is 0 Å². The Hall–Kier alpha value is -0.340. The number of hydrogen-bond acceptors (Lipinski definition) is 2. The number of piperidine rings is 1. The van der Waals surface area contributed by atoms with Crippen LogP contribution in [0.1, 0.15) is 46.5 Å². The Kier molecular flexibility index (Phi) is 4.63. The molecule has 0 aromatic heterocycles. The maximum atomic E-state index is 2.74. The van der Waals surface area contributed by atoms with E-state index in [1.54, 1.807) is 5.57 Å². The molecule has 2 heterocycles. The third kappa shape index (κ3) is 3.56. The van der Waals surface area contributed by atoms with Crippen LogP contribution < -0.4 is 0 Å². The molecule has 0 amide bonds. The monoisotopic (exact) mass is 236 g/mol. The van der Waals surface area contributed by atoms with Gasteiger partial charge >= 0.3 is 0 Å². The predicted octanol–water partition coefficient (Wildman–Crippen LogP) is 2.90. The molecule has 0 aromatic carbocycles. The van der Waals surface area contributed by atoms with Crippen LogP contribution >= 0.6 is 0 Å². The highest BCUT2D eigenvalue weighted by molar-refractivity contribution is 5.01. The molecule has 0 atom stereocenters. The molecule has 1 saturated heterocycles. The second-order valence-electron chi connectivity index (χ2n) is 5.99. The third-order valence-electron chi connectivity index (χ3n) is 4.45. The minimum Gasteiger partial charge on any atom is -0.301 e.